The minimum Gasteiger partial charge on any atom is -0.370 e. The summed E-state index contributed by atoms with van der Waals surface area (Å²) in [5.74, 6) is 4.41. The molecule has 5 unspecified atom stereocenters. The van der Waals surface area contributed by atoms with Crippen molar-refractivity contribution in [3.8, 4) is 0 Å². The van der Waals surface area contributed by atoms with Crippen LogP contribution in [0.15, 0.2) is 91.0 Å². The highest BCUT2D eigenvalue weighted by atomic mass is 32.2. The van der Waals surface area contributed by atoms with E-state index in [0.29, 0.717) is 44.9 Å². The zero-order valence-corrected chi connectivity index (χ0v) is 26.2. The van der Waals surface area contributed by atoms with E-state index in [0.717, 1.165) is 40.5 Å². The van der Waals surface area contributed by atoms with Crippen molar-refractivity contribution in [1.82, 2.24) is 0 Å². The van der Waals surface area contributed by atoms with Crippen molar-refractivity contribution in [3.05, 3.63) is 108 Å². The predicted molar refractivity (Wildman–Crippen MR) is 174 cm³/mol. The highest BCUT2D eigenvalue weighted by molar-refractivity contribution is 8.00. The summed E-state index contributed by atoms with van der Waals surface area (Å²) in [5.41, 5.74) is 8.93. The fourth-order valence-corrected chi connectivity index (χ4v) is 6.55. The minimum atomic E-state index is -0.361. The molecule has 228 valence electrons. The Hall–Kier alpha value is -1.88. The van der Waals surface area contributed by atoms with Gasteiger partial charge in [0.05, 0.1) is 39.0 Å². The van der Waals surface area contributed by atoms with E-state index in [2.05, 4.69) is 43.3 Å². The molecule has 0 radical (unpaired) electrons. The predicted octanol–water partition coefficient (Wildman–Crippen LogP) is 6.18. The zero-order valence-electron chi connectivity index (χ0n) is 24.6. The Morgan fingerprint density at radius 3 is 1.83 bits per heavy atom. The van der Waals surface area contributed by atoms with E-state index in [1.807, 2.05) is 78.1 Å². The van der Waals surface area contributed by atoms with Crippen molar-refractivity contribution >= 4 is 23.5 Å². The van der Waals surface area contributed by atoms with Gasteiger partial charge >= 0.3 is 0 Å². The van der Waals surface area contributed by atoms with Crippen LogP contribution in [0.4, 0.5) is 0 Å². The van der Waals surface area contributed by atoms with E-state index in [1.54, 1.807) is 0 Å². The Labute approximate surface area is 260 Å². The van der Waals surface area contributed by atoms with Gasteiger partial charge in [0, 0.05) is 12.3 Å². The van der Waals surface area contributed by atoms with Gasteiger partial charge in [0.2, 0.25) is 0 Å². The molecule has 2 N–H and O–H groups in total. The summed E-state index contributed by atoms with van der Waals surface area (Å²) in [6, 6.07) is 30.6. The Morgan fingerprint density at radius 1 is 0.738 bits per heavy atom. The largest absolute Gasteiger partial charge is 0.370 e. The molecule has 0 aromatic heterocycles. The fraction of sp³-hybridized carbons (Fsp3) is 0.471. The van der Waals surface area contributed by atoms with E-state index in [-0.39, 0.29) is 24.4 Å². The number of hydrogen-bond acceptors (Lipinski definition) is 8. The molecule has 0 amide bonds. The second-order valence-corrected chi connectivity index (χ2v) is 12.7. The summed E-state index contributed by atoms with van der Waals surface area (Å²) in [6.07, 6.45) is -1.25. The van der Waals surface area contributed by atoms with Crippen LogP contribution < -0.4 is 5.73 Å². The fourth-order valence-electron chi connectivity index (χ4n) is 4.72. The van der Waals surface area contributed by atoms with Crippen LogP contribution in [-0.2, 0) is 43.5 Å². The van der Waals surface area contributed by atoms with Gasteiger partial charge in [-0.1, -0.05) is 97.9 Å². The third-order valence-electron chi connectivity index (χ3n) is 6.92. The van der Waals surface area contributed by atoms with Crippen LogP contribution in [0, 0.1) is 5.92 Å². The summed E-state index contributed by atoms with van der Waals surface area (Å²) in [7, 11) is 0. The Balaban J connectivity index is 1.41. The molecule has 0 aliphatic carbocycles. The lowest BCUT2D eigenvalue weighted by Crippen LogP contribution is -2.57. The van der Waals surface area contributed by atoms with Crippen molar-refractivity contribution < 1.29 is 23.7 Å². The van der Waals surface area contributed by atoms with Crippen molar-refractivity contribution in [2.24, 2.45) is 11.7 Å². The molecule has 3 aromatic rings. The lowest BCUT2D eigenvalue weighted by molar-refractivity contribution is -0.245. The highest BCUT2D eigenvalue weighted by Crippen LogP contribution is 2.27. The SMILES string of the molecule is CC(CSCCN)CSCOCC1OCC(OCc2ccccc2)C(OCc2ccccc2)C1OCc1ccccc1. The van der Waals surface area contributed by atoms with Crippen molar-refractivity contribution in [2.75, 3.05) is 43.0 Å². The van der Waals surface area contributed by atoms with E-state index in [4.69, 9.17) is 29.4 Å². The molecular formula is C34H45NO5S2. The average Bonchev–Trinajstić information content (AvgIpc) is 3.04. The second-order valence-electron chi connectivity index (χ2n) is 10.6. The van der Waals surface area contributed by atoms with Crippen LogP contribution in [0.1, 0.15) is 23.6 Å². The van der Waals surface area contributed by atoms with Gasteiger partial charge in [-0.3, -0.25) is 0 Å². The lowest BCUT2D eigenvalue weighted by Gasteiger charge is -2.42. The lowest BCUT2D eigenvalue weighted by atomic mass is 9.99. The Kier molecular flexibility index (Phi) is 15.3. The van der Waals surface area contributed by atoms with E-state index in [1.165, 1.54) is 0 Å². The summed E-state index contributed by atoms with van der Waals surface area (Å²) < 4.78 is 32.1. The molecule has 0 spiro atoms. The van der Waals surface area contributed by atoms with Crippen molar-refractivity contribution in [2.45, 2.75) is 51.2 Å². The first-order valence-electron chi connectivity index (χ1n) is 14.7. The van der Waals surface area contributed by atoms with Gasteiger partial charge in [-0.2, -0.15) is 11.8 Å². The van der Waals surface area contributed by atoms with Gasteiger partial charge in [0.1, 0.15) is 24.4 Å². The maximum absolute atomic E-state index is 6.61. The number of hydrogen-bond donors (Lipinski definition) is 1. The summed E-state index contributed by atoms with van der Waals surface area (Å²) in [6.45, 7) is 5.24. The molecule has 1 saturated heterocycles. The van der Waals surface area contributed by atoms with E-state index < -0.39 is 0 Å². The van der Waals surface area contributed by atoms with Crippen LogP contribution in [0.25, 0.3) is 0 Å². The average molecular weight is 612 g/mol. The number of nitrogens with two attached hydrogens (primary N) is 1. The maximum atomic E-state index is 6.61. The van der Waals surface area contributed by atoms with Gasteiger partial charge in [-0.25, -0.2) is 0 Å². The number of benzene rings is 3. The van der Waals surface area contributed by atoms with Crippen LogP contribution in [0.5, 0.6) is 0 Å². The standard InChI is InChI=1S/C34H45NO5S2/c1-27(24-41-18-17-35)25-42-26-36-22-31-33(39-20-29-13-7-3-8-14-29)34(40-21-30-15-9-4-10-16-30)32(23-38-31)37-19-28-11-5-2-6-12-28/h2-16,27,31-34H,17-26,35H2,1H3. The highest BCUT2D eigenvalue weighted by Gasteiger charge is 2.43. The molecule has 4 rings (SSSR count). The van der Waals surface area contributed by atoms with Crippen LogP contribution in [0.3, 0.4) is 0 Å². The van der Waals surface area contributed by atoms with E-state index >= 15 is 0 Å². The second kappa shape index (κ2) is 19.4. The quantitative estimate of drug-likeness (QED) is 0.127. The van der Waals surface area contributed by atoms with Crippen LogP contribution >= 0.6 is 23.5 Å². The topological polar surface area (TPSA) is 72.2 Å². The molecule has 8 heteroatoms. The van der Waals surface area contributed by atoms with Crippen molar-refractivity contribution in [3.63, 3.8) is 0 Å². The normalized spacial score (nSPS) is 21.3. The molecule has 1 fully saturated rings. The van der Waals surface area contributed by atoms with E-state index in [9.17, 15) is 0 Å². The third kappa shape index (κ3) is 11.7. The Bertz CT molecular complexity index is 1090. The van der Waals surface area contributed by atoms with Gasteiger partial charge < -0.3 is 29.4 Å². The van der Waals surface area contributed by atoms with Crippen LogP contribution in [0.2, 0.25) is 0 Å². The molecule has 1 heterocycles. The minimum absolute atomic E-state index is 0.274. The number of rotatable bonds is 19. The molecule has 0 saturated carbocycles. The van der Waals surface area contributed by atoms with Gasteiger partial charge in [-0.05, 0) is 34.1 Å². The molecule has 1 aliphatic rings. The first-order valence-corrected chi connectivity index (χ1v) is 17.1. The molecular weight excluding hydrogens is 567 g/mol. The molecule has 6 nitrogen and oxygen atoms in total. The summed E-state index contributed by atoms with van der Waals surface area (Å²) >= 11 is 3.73. The molecule has 0 bridgehead atoms. The monoisotopic (exact) mass is 611 g/mol. The maximum Gasteiger partial charge on any atom is 0.115 e. The molecule has 42 heavy (non-hydrogen) atoms. The van der Waals surface area contributed by atoms with Crippen LogP contribution in [-0.4, -0.2) is 67.4 Å². The van der Waals surface area contributed by atoms with Gasteiger partial charge in [0.25, 0.3) is 0 Å². The summed E-state index contributed by atoms with van der Waals surface area (Å²) in [5, 5.41) is 0. The molecule has 3 aromatic carbocycles. The first kappa shape index (κ1) is 33.0. The molecule has 5 atom stereocenters. The zero-order chi connectivity index (χ0) is 29.2. The van der Waals surface area contributed by atoms with Gasteiger partial charge in [0.15, 0.2) is 0 Å². The first-order chi connectivity index (χ1) is 20.7. The number of ether oxygens (including phenoxy) is 5. The smallest absolute Gasteiger partial charge is 0.115 e. The Morgan fingerprint density at radius 2 is 1.26 bits per heavy atom. The number of thioether (sulfide) groups is 2. The van der Waals surface area contributed by atoms with Crippen molar-refractivity contribution in [1.29, 1.82) is 0 Å². The summed E-state index contributed by atoms with van der Waals surface area (Å²) in [4.78, 5) is 0. The van der Waals surface area contributed by atoms with Gasteiger partial charge in [-0.15, -0.1) is 11.8 Å². The third-order valence-corrected chi connectivity index (χ3v) is 9.39. The molecule has 1 aliphatic heterocycles.